The van der Waals surface area contributed by atoms with Crippen molar-refractivity contribution in [3.63, 3.8) is 0 Å². The lowest BCUT2D eigenvalue weighted by Gasteiger charge is -2.22. The third kappa shape index (κ3) is 3.52. The Kier molecular flexibility index (Phi) is 5.16. The molecule has 0 aliphatic carbocycles. The summed E-state index contributed by atoms with van der Waals surface area (Å²) < 4.78 is 0. The van der Waals surface area contributed by atoms with E-state index >= 15 is 0 Å². The molecular formula is C21H24N4O. The molecule has 0 unspecified atom stereocenters. The first-order valence-electron chi connectivity index (χ1n) is 8.93. The third-order valence-electron chi connectivity index (χ3n) is 4.46. The van der Waals surface area contributed by atoms with Gasteiger partial charge in [0.15, 0.2) is 11.5 Å². The second-order valence-electron chi connectivity index (χ2n) is 6.33. The number of nitrogens with one attached hydrogen (secondary N) is 1. The molecule has 2 aromatic carbocycles. The topological polar surface area (TPSA) is 58.1 Å². The first-order valence-corrected chi connectivity index (χ1v) is 8.93. The van der Waals surface area contributed by atoms with Crippen LogP contribution in [0.2, 0.25) is 0 Å². The Labute approximate surface area is 154 Å². The molecule has 3 rings (SSSR count). The average Bonchev–Trinajstić information content (AvgIpc) is 2.64. The SMILES string of the molecule is CCN(CC)c1nc2ccccc2nc1C(=O)Nc1ccc(C)cc1C. The number of nitrogens with zero attached hydrogens (tertiary/aromatic N) is 3. The van der Waals surface area contributed by atoms with Crippen molar-refractivity contribution in [1.29, 1.82) is 0 Å². The summed E-state index contributed by atoms with van der Waals surface area (Å²) in [4.78, 5) is 24.4. The minimum Gasteiger partial charge on any atom is -0.355 e. The molecule has 0 saturated carbocycles. The van der Waals surface area contributed by atoms with Crippen molar-refractivity contribution in [3.05, 3.63) is 59.3 Å². The molecule has 1 N–H and O–H groups in total. The van der Waals surface area contributed by atoms with Gasteiger partial charge in [-0.2, -0.15) is 0 Å². The maximum atomic E-state index is 13.0. The lowest BCUT2D eigenvalue weighted by Crippen LogP contribution is -2.28. The normalized spacial score (nSPS) is 10.8. The number of fused-ring (bicyclic) bond motifs is 1. The number of rotatable bonds is 5. The fraction of sp³-hybridized carbons (Fsp3) is 0.286. The van der Waals surface area contributed by atoms with Crippen LogP contribution in [-0.4, -0.2) is 29.0 Å². The van der Waals surface area contributed by atoms with Gasteiger partial charge in [0.2, 0.25) is 0 Å². The van der Waals surface area contributed by atoms with Crippen LogP contribution in [0, 0.1) is 13.8 Å². The van der Waals surface area contributed by atoms with Gasteiger partial charge in [-0.3, -0.25) is 4.79 Å². The molecule has 1 heterocycles. The van der Waals surface area contributed by atoms with Gasteiger partial charge in [0, 0.05) is 18.8 Å². The minimum atomic E-state index is -0.239. The molecule has 0 saturated heterocycles. The number of hydrogen-bond acceptors (Lipinski definition) is 4. The third-order valence-corrected chi connectivity index (χ3v) is 4.46. The summed E-state index contributed by atoms with van der Waals surface area (Å²) in [6, 6.07) is 13.6. The fourth-order valence-electron chi connectivity index (χ4n) is 3.02. The van der Waals surface area contributed by atoms with Crippen LogP contribution in [0.5, 0.6) is 0 Å². The van der Waals surface area contributed by atoms with E-state index in [2.05, 4.69) is 15.2 Å². The van der Waals surface area contributed by atoms with Crippen molar-refractivity contribution >= 4 is 28.4 Å². The van der Waals surface area contributed by atoms with E-state index in [1.165, 1.54) is 0 Å². The van der Waals surface area contributed by atoms with Crippen molar-refractivity contribution in [3.8, 4) is 0 Å². The summed E-state index contributed by atoms with van der Waals surface area (Å²) in [5.41, 5.74) is 4.84. The van der Waals surface area contributed by atoms with Gasteiger partial charge >= 0.3 is 0 Å². The summed E-state index contributed by atoms with van der Waals surface area (Å²) in [5.74, 6) is 0.382. The Hall–Kier alpha value is -2.95. The molecule has 1 amide bonds. The standard InChI is InChI=1S/C21H24N4O/c1-5-25(6-2)20-19(22-17-9-7-8-10-18(17)23-20)21(26)24-16-12-11-14(3)13-15(16)4/h7-13H,5-6H2,1-4H3,(H,24,26). The molecule has 3 aromatic rings. The van der Waals surface area contributed by atoms with E-state index in [-0.39, 0.29) is 5.91 Å². The van der Waals surface area contributed by atoms with E-state index in [0.29, 0.717) is 17.0 Å². The predicted molar refractivity (Wildman–Crippen MR) is 107 cm³/mol. The maximum Gasteiger partial charge on any atom is 0.278 e. The van der Waals surface area contributed by atoms with E-state index in [9.17, 15) is 4.79 Å². The van der Waals surface area contributed by atoms with Crippen molar-refractivity contribution in [2.45, 2.75) is 27.7 Å². The van der Waals surface area contributed by atoms with Crippen LogP contribution in [0.4, 0.5) is 11.5 Å². The van der Waals surface area contributed by atoms with E-state index in [1.807, 2.05) is 70.2 Å². The summed E-state index contributed by atoms with van der Waals surface area (Å²) in [6.45, 7) is 9.63. The van der Waals surface area contributed by atoms with Crippen LogP contribution in [-0.2, 0) is 0 Å². The molecule has 0 aliphatic heterocycles. The van der Waals surface area contributed by atoms with Gasteiger partial charge in [-0.05, 0) is 51.5 Å². The highest BCUT2D eigenvalue weighted by Crippen LogP contribution is 2.23. The Morgan fingerprint density at radius 3 is 2.27 bits per heavy atom. The molecule has 0 fully saturated rings. The Morgan fingerprint density at radius 1 is 1.00 bits per heavy atom. The number of para-hydroxylation sites is 2. The first kappa shape index (κ1) is 17.9. The maximum absolute atomic E-state index is 13.0. The minimum absolute atomic E-state index is 0.239. The van der Waals surface area contributed by atoms with Crippen LogP contribution in [0.3, 0.4) is 0 Å². The Balaban J connectivity index is 2.06. The highest BCUT2D eigenvalue weighted by atomic mass is 16.1. The quantitative estimate of drug-likeness (QED) is 0.745. The Morgan fingerprint density at radius 2 is 1.65 bits per heavy atom. The van der Waals surface area contributed by atoms with E-state index in [1.54, 1.807) is 0 Å². The summed E-state index contributed by atoms with van der Waals surface area (Å²) in [6.07, 6.45) is 0. The number of hydrogen-bond donors (Lipinski definition) is 1. The van der Waals surface area contributed by atoms with Crippen LogP contribution in [0.1, 0.15) is 35.5 Å². The molecule has 134 valence electrons. The zero-order chi connectivity index (χ0) is 18.7. The molecule has 0 bridgehead atoms. The Bertz CT molecular complexity index is 948. The molecule has 5 heteroatoms. The number of carbonyl (C=O) groups excluding carboxylic acids is 1. The summed E-state index contributed by atoms with van der Waals surface area (Å²) in [7, 11) is 0. The van der Waals surface area contributed by atoms with Gasteiger partial charge in [-0.25, -0.2) is 9.97 Å². The monoisotopic (exact) mass is 348 g/mol. The predicted octanol–water partition coefficient (Wildman–Crippen LogP) is 4.35. The van der Waals surface area contributed by atoms with Gasteiger partial charge in [0.1, 0.15) is 0 Å². The molecule has 1 aromatic heterocycles. The molecule has 0 atom stereocenters. The van der Waals surface area contributed by atoms with E-state index < -0.39 is 0 Å². The largest absolute Gasteiger partial charge is 0.355 e. The molecular weight excluding hydrogens is 324 g/mol. The molecule has 0 spiro atoms. The highest BCUT2D eigenvalue weighted by molar-refractivity contribution is 6.07. The smallest absolute Gasteiger partial charge is 0.278 e. The number of aromatic nitrogens is 2. The van der Waals surface area contributed by atoms with Crippen LogP contribution < -0.4 is 10.2 Å². The van der Waals surface area contributed by atoms with E-state index in [4.69, 9.17) is 4.98 Å². The second kappa shape index (κ2) is 7.52. The van der Waals surface area contributed by atoms with Crippen LogP contribution in [0.15, 0.2) is 42.5 Å². The van der Waals surface area contributed by atoms with Crippen molar-refractivity contribution in [2.24, 2.45) is 0 Å². The lowest BCUT2D eigenvalue weighted by atomic mass is 10.1. The lowest BCUT2D eigenvalue weighted by molar-refractivity contribution is 0.102. The fourth-order valence-corrected chi connectivity index (χ4v) is 3.02. The summed E-state index contributed by atoms with van der Waals surface area (Å²) in [5, 5.41) is 2.99. The zero-order valence-electron chi connectivity index (χ0n) is 15.7. The van der Waals surface area contributed by atoms with Crippen molar-refractivity contribution < 1.29 is 4.79 Å². The van der Waals surface area contributed by atoms with Gasteiger partial charge < -0.3 is 10.2 Å². The number of anilines is 2. The highest BCUT2D eigenvalue weighted by Gasteiger charge is 2.20. The second-order valence-corrected chi connectivity index (χ2v) is 6.33. The van der Waals surface area contributed by atoms with Crippen molar-refractivity contribution in [2.75, 3.05) is 23.3 Å². The summed E-state index contributed by atoms with van der Waals surface area (Å²) >= 11 is 0. The number of benzene rings is 2. The van der Waals surface area contributed by atoms with Crippen LogP contribution >= 0.6 is 0 Å². The van der Waals surface area contributed by atoms with Crippen LogP contribution in [0.25, 0.3) is 11.0 Å². The molecule has 26 heavy (non-hydrogen) atoms. The average molecular weight is 348 g/mol. The van der Waals surface area contributed by atoms with Gasteiger partial charge in [0.05, 0.1) is 11.0 Å². The number of aryl methyl sites for hydroxylation is 2. The van der Waals surface area contributed by atoms with Gasteiger partial charge in [-0.15, -0.1) is 0 Å². The van der Waals surface area contributed by atoms with Gasteiger partial charge in [-0.1, -0.05) is 29.8 Å². The van der Waals surface area contributed by atoms with Gasteiger partial charge in [0.25, 0.3) is 5.91 Å². The molecule has 5 nitrogen and oxygen atoms in total. The number of carbonyl (C=O) groups is 1. The molecule has 0 radical (unpaired) electrons. The zero-order valence-corrected chi connectivity index (χ0v) is 15.7. The first-order chi connectivity index (χ1) is 12.5. The van der Waals surface area contributed by atoms with Crippen molar-refractivity contribution in [1.82, 2.24) is 9.97 Å². The number of amides is 1. The van der Waals surface area contributed by atoms with E-state index in [0.717, 1.165) is 35.4 Å². The molecule has 0 aliphatic rings.